The molecule has 1 aromatic rings. The van der Waals surface area contributed by atoms with Crippen molar-refractivity contribution in [2.45, 2.75) is 0 Å². The molecular weight excluding hydrogens is 279 g/mol. The topological polar surface area (TPSA) is 0 Å². The van der Waals surface area contributed by atoms with Crippen LogP contribution in [0.1, 0.15) is 0 Å². The Morgan fingerprint density at radius 3 is 2.20 bits per heavy atom. The van der Waals surface area contributed by atoms with Crippen molar-refractivity contribution in [2.75, 3.05) is 5.83 Å². The van der Waals surface area contributed by atoms with Gasteiger partial charge < -0.3 is 0 Å². The van der Waals surface area contributed by atoms with E-state index in [4.69, 9.17) is 11.6 Å². The Hall–Kier alpha value is 0.470. The van der Waals surface area contributed by atoms with Crippen LogP contribution in [0, 0.1) is 0 Å². The van der Waals surface area contributed by atoms with E-state index >= 15 is 0 Å². The highest BCUT2D eigenvalue weighted by Gasteiger charge is 1.84. The van der Waals surface area contributed by atoms with Crippen LogP contribution in [-0.2, 0) is 0 Å². The molecule has 1 aromatic carbocycles. The highest BCUT2D eigenvalue weighted by atomic mass is 79.9. The summed E-state index contributed by atoms with van der Waals surface area (Å²) in [5.41, 5.74) is 0. The molecule has 0 amide bonds. The van der Waals surface area contributed by atoms with Crippen LogP contribution in [0.4, 0.5) is 0 Å². The van der Waals surface area contributed by atoms with E-state index in [0.717, 1.165) is 9.50 Å². The summed E-state index contributed by atoms with van der Waals surface area (Å²) < 4.78 is 1.02. The molecule has 3 heteroatoms. The van der Waals surface area contributed by atoms with Crippen molar-refractivity contribution in [3.63, 3.8) is 0 Å². The number of hydrogen-bond acceptors (Lipinski definition) is 0. The minimum absolute atomic E-state index is 0.763. The van der Waals surface area contributed by atoms with Gasteiger partial charge in [0.05, 0.1) is 0 Å². The van der Waals surface area contributed by atoms with Crippen LogP contribution >= 0.6 is 43.5 Å². The SMILES string of the molecule is CBr.Clc1cccc(Br)c1. The summed E-state index contributed by atoms with van der Waals surface area (Å²) in [4.78, 5) is 0. The first-order chi connectivity index (χ1) is 4.79. The molecule has 0 nitrogen and oxygen atoms in total. The van der Waals surface area contributed by atoms with Gasteiger partial charge in [0.2, 0.25) is 0 Å². The van der Waals surface area contributed by atoms with Gasteiger partial charge in [-0.05, 0) is 24.0 Å². The van der Waals surface area contributed by atoms with Gasteiger partial charge in [-0.3, -0.25) is 0 Å². The molecule has 0 bridgehead atoms. The van der Waals surface area contributed by atoms with E-state index in [2.05, 4.69) is 31.9 Å². The molecule has 0 fully saturated rings. The second-order valence-electron chi connectivity index (χ2n) is 1.44. The van der Waals surface area contributed by atoms with E-state index in [1.165, 1.54) is 0 Å². The maximum atomic E-state index is 5.61. The van der Waals surface area contributed by atoms with Gasteiger partial charge >= 0.3 is 0 Å². The number of rotatable bonds is 0. The lowest BCUT2D eigenvalue weighted by Crippen LogP contribution is -1.61. The van der Waals surface area contributed by atoms with E-state index in [1.807, 2.05) is 30.1 Å². The summed E-state index contributed by atoms with van der Waals surface area (Å²) >= 11 is 11.8. The molecule has 0 aliphatic rings. The van der Waals surface area contributed by atoms with Crippen LogP contribution in [0.3, 0.4) is 0 Å². The van der Waals surface area contributed by atoms with E-state index in [9.17, 15) is 0 Å². The van der Waals surface area contributed by atoms with E-state index in [0.29, 0.717) is 0 Å². The predicted molar refractivity (Wildman–Crippen MR) is 54.0 cm³/mol. The van der Waals surface area contributed by atoms with Gasteiger partial charge in [0.15, 0.2) is 0 Å². The monoisotopic (exact) mass is 284 g/mol. The maximum absolute atomic E-state index is 5.61. The van der Waals surface area contributed by atoms with Gasteiger partial charge in [-0.25, -0.2) is 0 Å². The van der Waals surface area contributed by atoms with Gasteiger partial charge in [0.1, 0.15) is 0 Å². The van der Waals surface area contributed by atoms with Crippen LogP contribution < -0.4 is 0 Å². The third-order valence-corrected chi connectivity index (χ3v) is 1.52. The van der Waals surface area contributed by atoms with Crippen molar-refractivity contribution in [1.82, 2.24) is 0 Å². The van der Waals surface area contributed by atoms with Crippen molar-refractivity contribution < 1.29 is 0 Å². The summed E-state index contributed by atoms with van der Waals surface area (Å²) in [6.45, 7) is 0. The molecule has 0 heterocycles. The van der Waals surface area contributed by atoms with Crippen molar-refractivity contribution in [1.29, 1.82) is 0 Å². The molecule has 0 atom stereocenters. The molecule has 0 N–H and O–H groups in total. The Bertz CT molecular complexity index is 171. The minimum atomic E-state index is 0.763. The average molecular weight is 286 g/mol. The van der Waals surface area contributed by atoms with Crippen molar-refractivity contribution in [3.8, 4) is 0 Å². The van der Waals surface area contributed by atoms with Crippen LogP contribution in [-0.4, -0.2) is 5.83 Å². The molecular formula is C7H7Br2Cl. The first kappa shape index (κ1) is 10.5. The lowest BCUT2D eigenvalue weighted by molar-refractivity contribution is 1.65. The Labute approximate surface area is 82.8 Å². The lowest BCUT2D eigenvalue weighted by atomic mass is 10.4. The van der Waals surface area contributed by atoms with Crippen LogP contribution in [0.25, 0.3) is 0 Å². The zero-order valence-corrected chi connectivity index (χ0v) is 9.37. The Kier molecular flexibility index (Phi) is 6.49. The number of hydrogen-bond donors (Lipinski definition) is 0. The lowest BCUT2D eigenvalue weighted by Gasteiger charge is -1.87. The van der Waals surface area contributed by atoms with Gasteiger partial charge in [-0.15, -0.1) is 0 Å². The molecule has 10 heavy (non-hydrogen) atoms. The van der Waals surface area contributed by atoms with Gasteiger partial charge in [-0.2, -0.15) is 0 Å². The molecule has 56 valence electrons. The van der Waals surface area contributed by atoms with Crippen molar-refractivity contribution in [2.24, 2.45) is 0 Å². The summed E-state index contributed by atoms with van der Waals surface area (Å²) in [6.07, 6.45) is 0. The maximum Gasteiger partial charge on any atom is 0.0417 e. The fraction of sp³-hybridized carbons (Fsp3) is 0.143. The summed E-state index contributed by atoms with van der Waals surface area (Å²) in [7, 11) is 0. The molecule has 0 saturated heterocycles. The minimum Gasteiger partial charge on any atom is -0.0966 e. The molecule has 0 aliphatic heterocycles. The Morgan fingerprint density at radius 1 is 1.30 bits per heavy atom. The molecule has 0 spiro atoms. The van der Waals surface area contributed by atoms with E-state index in [-0.39, 0.29) is 0 Å². The highest BCUT2D eigenvalue weighted by Crippen LogP contribution is 2.14. The second kappa shape index (κ2) is 6.20. The number of halogens is 3. The zero-order valence-electron chi connectivity index (χ0n) is 5.44. The number of alkyl halides is 1. The smallest absolute Gasteiger partial charge is 0.0417 e. The molecule has 0 aromatic heterocycles. The van der Waals surface area contributed by atoms with E-state index < -0.39 is 0 Å². The van der Waals surface area contributed by atoms with Gasteiger partial charge in [0, 0.05) is 9.50 Å². The third-order valence-electron chi connectivity index (χ3n) is 0.787. The quantitative estimate of drug-likeness (QED) is 0.630. The predicted octanol–water partition coefficient (Wildman–Crippen LogP) is 4.11. The molecule has 0 saturated carbocycles. The summed E-state index contributed by atoms with van der Waals surface area (Å²) in [5.74, 6) is 1.81. The van der Waals surface area contributed by atoms with Crippen molar-refractivity contribution in [3.05, 3.63) is 33.8 Å². The fourth-order valence-corrected chi connectivity index (χ4v) is 1.18. The molecule has 0 aliphatic carbocycles. The zero-order chi connectivity index (χ0) is 7.98. The highest BCUT2D eigenvalue weighted by molar-refractivity contribution is 9.10. The third kappa shape index (κ3) is 4.31. The van der Waals surface area contributed by atoms with Crippen LogP contribution in [0.5, 0.6) is 0 Å². The first-order valence-corrected chi connectivity index (χ1v) is 5.33. The summed E-state index contributed by atoms with van der Waals surface area (Å²) in [6, 6.07) is 7.52. The average Bonchev–Trinajstić information content (AvgIpc) is 1.91. The second-order valence-corrected chi connectivity index (χ2v) is 2.79. The normalized spacial score (nSPS) is 8.00. The van der Waals surface area contributed by atoms with Crippen LogP contribution in [0.2, 0.25) is 5.02 Å². The summed E-state index contributed by atoms with van der Waals surface area (Å²) in [5, 5.41) is 0.763. The molecule has 0 radical (unpaired) electrons. The van der Waals surface area contributed by atoms with Gasteiger partial charge in [0.25, 0.3) is 0 Å². The molecule has 0 unspecified atom stereocenters. The standard InChI is InChI=1S/C6H4BrCl.CH3Br/c7-5-2-1-3-6(8)4-5;1-2/h1-4H;1H3. The first-order valence-electron chi connectivity index (χ1n) is 2.58. The van der Waals surface area contributed by atoms with Gasteiger partial charge in [-0.1, -0.05) is 49.5 Å². The van der Waals surface area contributed by atoms with Crippen molar-refractivity contribution >= 4 is 43.5 Å². The Morgan fingerprint density at radius 2 is 1.90 bits per heavy atom. The van der Waals surface area contributed by atoms with Crippen LogP contribution in [0.15, 0.2) is 28.7 Å². The van der Waals surface area contributed by atoms with E-state index in [1.54, 1.807) is 0 Å². The molecule has 1 rings (SSSR count). The number of benzene rings is 1. The fourth-order valence-electron chi connectivity index (χ4n) is 0.460. The Balaban J connectivity index is 0.000000371. The largest absolute Gasteiger partial charge is 0.0966 e.